The highest BCUT2D eigenvalue weighted by Gasteiger charge is 2.38. The number of carbonyl (C=O) groups is 8. The molecule has 0 saturated heterocycles. The first-order valence-electron chi connectivity index (χ1n) is 47.7. The molecule has 136 heavy (non-hydrogen) atoms. The number of nitrogens with one attached hydrogen (secondary N) is 8. The molecule has 42 heteroatoms. The molecule has 8 amide bonds. The first kappa shape index (κ1) is 125. The molecule has 0 aliphatic carbocycles. The minimum atomic E-state index is -1.72. The van der Waals surface area contributed by atoms with Crippen molar-refractivity contribution in [3.8, 4) is 0 Å². The van der Waals surface area contributed by atoms with Gasteiger partial charge in [-0.2, -0.15) is 0 Å². The lowest BCUT2D eigenvalue weighted by molar-refractivity contribution is -0.130. The van der Waals surface area contributed by atoms with Crippen LogP contribution in [0, 0.1) is 16.7 Å². The summed E-state index contributed by atoms with van der Waals surface area (Å²) in [5, 5.41) is 21.4. The molecule has 786 valence electrons. The van der Waals surface area contributed by atoms with Crippen LogP contribution in [0.1, 0.15) is 98.1 Å². The Morgan fingerprint density at radius 2 is 0.419 bits per heavy atom. The first-order chi connectivity index (χ1) is 66.3. The molecule has 0 aliphatic heterocycles. The summed E-state index contributed by atoms with van der Waals surface area (Å²) in [5.41, 5.74) is 1.76. The van der Waals surface area contributed by atoms with E-state index in [-0.39, 0.29) is 205 Å². The van der Waals surface area contributed by atoms with Crippen LogP contribution in [0.2, 0.25) is 0 Å². The molecule has 42 nitrogen and oxygen atoms in total. The quantitative estimate of drug-likeness (QED) is 0.0437. The van der Waals surface area contributed by atoms with E-state index < -0.39 is 36.1 Å². The Kier molecular flexibility index (Phi) is 84.1. The van der Waals surface area contributed by atoms with Crippen molar-refractivity contribution in [3.05, 3.63) is 71.8 Å². The maximum absolute atomic E-state index is 14.0. The number of ether oxygens (including phenoxy) is 26. The monoisotopic (exact) mass is 1950 g/mol. The van der Waals surface area contributed by atoms with E-state index in [2.05, 4.69) is 91.0 Å². The molecule has 2 atom stereocenters. The summed E-state index contributed by atoms with van der Waals surface area (Å²) in [7, 11) is 0. The predicted molar refractivity (Wildman–Crippen MR) is 501 cm³/mol. The average molecular weight is 1950 g/mol. The number of hydrogen-bond donors (Lipinski definition) is 8. The Morgan fingerprint density at radius 1 is 0.235 bits per heavy atom. The second kappa shape index (κ2) is 91.6. The number of amides is 8. The Bertz CT molecular complexity index is 3040. The molecule has 0 unspecified atom stereocenters. The van der Waals surface area contributed by atoms with Crippen LogP contribution in [-0.2, 0) is 165 Å². The summed E-state index contributed by atoms with van der Waals surface area (Å²) in [4.78, 5) is 103. The molecule has 0 fully saturated rings. The van der Waals surface area contributed by atoms with E-state index in [1.165, 1.54) is 0 Å². The van der Waals surface area contributed by atoms with Crippen molar-refractivity contribution in [2.45, 2.75) is 112 Å². The van der Waals surface area contributed by atoms with Gasteiger partial charge in [-0.3, -0.25) is 28.8 Å². The standard InChI is InChI=1S/C94H166N8O34/c1-8-30-111-42-54-123-66-72-129-60-48-117-36-24-95-83(103)20-32-113-44-56-125-68-74-131-62-50-119-38-26-97-85(105)22-34-115-46-58-127-70-76-133-64-52-121-40-28-99-89(107)87(101-91(109)135-78-80-15-11-9-12-16-80)88(102-92(110)136-79-81-17-13-10-14-18-81)90(108)100-29-41-122-53-65-134-77-71-128-59-47-116-35-23-86(106)98-27-39-120-51-63-132-75-69-126-57-45-114-33-21-84(104)96-25-37-118-49-61-130-73-67-124-55-43-112-31-19-82(93(2,3)4)94(5,6)7/h9-18,82,87-88H,8,19-79H2,1-7H3,(H,95,103)(H,96,104)(H,97,105)(H,98,106)(H,99,107)(H,100,108)(H,101,109)(H,102,110)/t87-,88-/m1/s1. The average Bonchev–Trinajstić information content (AvgIpc) is 0.834. The van der Waals surface area contributed by atoms with Gasteiger partial charge in [0.05, 0.1) is 304 Å². The van der Waals surface area contributed by atoms with Gasteiger partial charge in [0.2, 0.25) is 35.4 Å². The van der Waals surface area contributed by atoms with E-state index in [0.29, 0.717) is 228 Å². The van der Waals surface area contributed by atoms with Crippen LogP contribution in [0.15, 0.2) is 60.7 Å². The third-order valence-corrected chi connectivity index (χ3v) is 18.8. The first-order valence-corrected chi connectivity index (χ1v) is 47.7. The second-order valence-electron chi connectivity index (χ2n) is 32.1. The number of carbonyl (C=O) groups excluding carboxylic acids is 8. The third kappa shape index (κ3) is 81.7. The molecule has 0 radical (unpaired) electrons. The Hall–Kier alpha value is -7.16. The summed E-state index contributed by atoms with van der Waals surface area (Å²) in [6.45, 7) is 33.9. The topological polar surface area (TPSA) is 473 Å². The maximum Gasteiger partial charge on any atom is 0.408 e. The van der Waals surface area contributed by atoms with Crippen molar-refractivity contribution in [2.75, 3.05) is 356 Å². The van der Waals surface area contributed by atoms with Gasteiger partial charge < -0.3 is 166 Å². The molecule has 2 aromatic rings. The lowest BCUT2D eigenvalue weighted by Gasteiger charge is -2.41. The van der Waals surface area contributed by atoms with Crippen molar-refractivity contribution in [1.29, 1.82) is 0 Å². The van der Waals surface area contributed by atoms with Gasteiger partial charge in [0.15, 0.2) is 0 Å². The highest BCUT2D eigenvalue weighted by Crippen LogP contribution is 2.42. The molecule has 0 aromatic heterocycles. The molecular formula is C94H166N8O34. The Morgan fingerprint density at radius 3 is 0.625 bits per heavy atom. The van der Waals surface area contributed by atoms with Crippen molar-refractivity contribution in [2.24, 2.45) is 16.7 Å². The van der Waals surface area contributed by atoms with Crippen LogP contribution in [0.4, 0.5) is 9.59 Å². The zero-order valence-electron chi connectivity index (χ0n) is 82.2. The fourth-order valence-corrected chi connectivity index (χ4v) is 12.2. The summed E-state index contributed by atoms with van der Waals surface area (Å²) in [5.74, 6) is -1.75. The third-order valence-electron chi connectivity index (χ3n) is 18.8. The maximum atomic E-state index is 14.0. The van der Waals surface area contributed by atoms with Gasteiger partial charge >= 0.3 is 12.2 Å². The highest BCUT2D eigenvalue weighted by molar-refractivity contribution is 5.96. The van der Waals surface area contributed by atoms with Crippen molar-refractivity contribution in [3.63, 3.8) is 0 Å². The minimum Gasteiger partial charge on any atom is -0.445 e. The fourth-order valence-electron chi connectivity index (χ4n) is 12.2. The summed E-state index contributed by atoms with van der Waals surface area (Å²) >= 11 is 0. The number of benzene rings is 2. The largest absolute Gasteiger partial charge is 0.445 e. The van der Waals surface area contributed by atoms with Crippen LogP contribution in [0.3, 0.4) is 0 Å². The Balaban J connectivity index is 1.48. The van der Waals surface area contributed by atoms with Crippen LogP contribution >= 0.6 is 0 Å². The van der Waals surface area contributed by atoms with Crippen molar-refractivity contribution >= 4 is 47.6 Å². The summed E-state index contributed by atoms with van der Waals surface area (Å²) in [6.07, 6.45) is 0.707. The zero-order valence-corrected chi connectivity index (χ0v) is 82.2. The molecule has 0 bridgehead atoms. The number of hydrogen-bond acceptors (Lipinski definition) is 34. The molecule has 0 heterocycles. The molecule has 2 rings (SSSR count). The number of rotatable bonds is 98. The highest BCUT2D eigenvalue weighted by atomic mass is 16.6. The van der Waals surface area contributed by atoms with Gasteiger partial charge in [-0.1, -0.05) is 109 Å². The lowest BCUT2D eigenvalue weighted by atomic mass is 9.65. The van der Waals surface area contributed by atoms with E-state index in [1.807, 2.05) is 0 Å². The molecule has 0 saturated carbocycles. The SMILES string of the molecule is CCCOCCOCCOCCOCCNC(=O)CCOCCOCCOCCOCCNC(=O)CCOCCOCCOCCOCCNC(=O)[C@H](NC(=O)OCc1ccccc1)[C@@H](NC(=O)OCc1ccccc1)C(=O)NCCOCCOCCOCCOCCC(=O)NCCOCCOCCOCCOCCC(=O)NCCOCCOCCOCCOCCC(C(C)(C)C)C(C)(C)C. The molecule has 8 N–H and O–H groups in total. The van der Waals surface area contributed by atoms with Crippen molar-refractivity contribution in [1.82, 2.24) is 42.5 Å². The Labute approximate surface area is 805 Å². The molecule has 0 spiro atoms. The van der Waals surface area contributed by atoms with E-state index >= 15 is 0 Å². The normalized spacial score (nSPS) is 12.1. The lowest BCUT2D eigenvalue weighted by Crippen LogP contribution is -2.64. The van der Waals surface area contributed by atoms with E-state index in [0.717, 1.165) is 26.1 Å². The predicted octanol–water partition coefficient (Wildman–Crippen LogP) is 3.74. The summed E-state index contributed by atoms with van der Waals surface area (Å²) < 4.78 is 144. The van der Waals surface area contributed by atoms with E-state index in [1.54, 1.807) is 60.7 Å². The molecule has 2 aromatic carbocycles. The molecule has 0 aliphatic rings. The van der Waals surface area contributed by atoms with Gasteiger partial charge in [-0.15, -0.1) is 0 Å². The van der Waals surface area contributed by atoms with Crippen LogP contribution in [0.5, 0.6) is 0 Å². The van der Waals surface area contributed by atoms with Gasteiger partial charge in [-0.25, -0.2) is 9.59 Å². The van der Waals surface area contributed by atoms with Crippen LogP contribution in [0.25, 0.3) is 0 Å². The van der Waals surface area contributed by atoms with Crippen LogP contribution in [-0.4, -0.2) is 416 Å². The number of alkyl carbamates (subject to hydrolysis) is 2. The minimum absolute atomic E-state index is 0.00976. The van der Waals surface area contributed by atoms with Gasteiger partial charge in [-0.05, 0) is 40.7 Å². The zero-order chi connectivity index (χ0) is 98.5. The van der Waals surface area contributed by atoms with Gasteiger partial charge in [0, 0.05) is 78.2 Å². The van der Waals surface area contributed by atoms with Crippen LogP contribution < -0.4 is 42.5 Å². The second-order valence-corrected chi connectivity index (χ2v) is 32.1. The van der Waals surface area contributed by atoms with Gasteiger partial charge in [0.25, 0.3) is 0 Å². The molecular weight excluding hydrogens is 1790 g/mol. The van der Waals surface area contributed by atoms with E-state index in [9.17, 15) is 38.4 Å². The van der Waals surface area contributed by atoms with E-state index in [4.69, 9.17) is 123 Å². The van der Waals surface area contributed by atoms with Crippen molar-refractivity contribution < 1.29 is 162 Å². The fraction of sp³-hybridized carbons (Fsp3) is 0.787. The van der Waals surface area contributed by atoms with Gasteiger partial charge in [0.1, 0.15) is 25.3 Å². The smallest absolute Gasteiger partial charge is 0.408 e. The summed E-state index contributed by atoms with van der Waals surface area (Å²) in [6, 6.07) is 14.1.